The molecule has 2 N–H and O–H groups in total. The Kier molecular flexibility index (Phi) is 2.19. The van der Waals surface area contributed by atoms with Gasteiger partial charge in [0, 0.05) is 6.20 Å². The molecule has 14 heavy (non-hydrogen) atoms. The molecule has 0 atom stereocenters. The first-order chi connectivity index (χ1) is 6.45. The Morgan fingerprint density at radius 3 is 2.57 bits per heavy atom. The van der Waals surface area contributed by atoms with Crippen LogP contribution in [0.1, 0.15) is 10.4 Å². The van der Waals surface area contributed by atoms with Crippen LogP contribution in [0, 0.1) is 10.1 Å². The third-order valence-electron chi connectivity index (χ3n) is 1.44. The topological polar surface area (TPSA) is 136 Å². The lowest BCUT2D eigenvalue weighted by Gasteiger charge is -2.08. The van der Waals surface area contributed by atoms with E-state index in [9.17, 15) is 24.8 Å². The summed E-state index contributed by atoms with van der Waals surface area (Å²) >= 11 is 0. The van der Waals surface area contributed by atoms with Crippen molar-refractivity contribution in [3.8, 4) is 5.75 Å². The first kappa shape index (κ1) is 9.71. The average molecular weight is 199 g/mol. The number of nitrogens with one attached hydrogen (secondary N) is 1. The first-order valence-corrected chi connectivity index (χ1v) is 3.25. The normalized spacial score (nSPS) is 9.71. The number of aromatic nitrogens is 1. The van der Waals surface area contributed by atoms with E-state index in [4.69, 9.17) is 5.11 Å². The van der Waals surface area contributed by atoms with Crippen molar-refractivity contribution in [2.45, 2.75) is 0 Å². The van der Waals surface area contributed by atoms with Gasteiger partial charge in [0.25, 0.3) is 0 Å². The van der Waals surface area contributed by atoms with Crippen molar-refractivity contribution in [1.29, 1.82) is 0 Å². The number of aromatic amines is 1. The standard InChI is InChI=1S/C6H4N2O6/c9-4-2(6(11)12)1-7-5(10)3(4)8(13)14/h1H,(H,11,12)(H2,7,9,10)/p-1. The third-order valence-corrected chi connectivity index (χ3v) is 1.44. The number of carbonyl (C=O) groups is 1. The summed E-state index contributed by atoms with van der Waals surface area (Å²) in [5.41, 5.74) is -3.34. The van der Waals surface area contributed by atoms with Crippen LogP contribution in [-0.2, 0) is 0 Å². The molecule has 0 spiro atoms. The number of carboxylic acid groups (broad SMARTS) is 1. The molecule has 0 radical (unpaired) electrons. The summed E-state index contributed by atoms with van der Waals surface area (Å²) in [7, 11) is 0. The maximum absolute atomic E-state index is 11.0. The second-order valence-electron chi connectivity index (χ2n) is 2.27. The Hall–Kier alpha value is -2.38. The number of H-pyrrole nitrogens is 1. The molecule has 1 aromatic heterocycles. The van der Waals surface area contributed by atoms with Crippen molar-refractivity contribution < 1.29 is 19.9 Å². The minimum Gasteiger partial charge on any atom is -0.867 e. The van der Waals surface area contributed by atoms with Crippen LogP contribution in [0.15, 0.2) is 11.0 Å². The molecule has 0 saturated carbocycles. The Morgan fingerprint density at radius 2 is 2.14 bits per heavy atom. The molecule has 0 fully saturated rings. The van der Waals surface area contributed by atoms with E-state index in [1.165, 1.54) is 0 Å². The van der Waals surface area contributed by atoms with Crippen molar-refractivity contribution in [3.63, 3.8) is 0 Å². The lowest BCUT2D eigenvalue weighted by molar-refractivity contribution is -0.399. The summed E-state index contributed by atoms with van der Waals surface area (Å²) in [4.78, 5) is 31.9. The lowest BCUT2D eigenvalue weighted by Crippen LogP contribution is -2.17. The van der Waals surface area contributed by atoms with E-state index in [-0.39, 0.29) is 0 Å². The summed E-state index contributed by atoms with van der Waals surface area (Å²) in [6.45, 7) is 0. The minimum absolute atomic E-state index is 0.625. The second kappa shape index (κ2) is 3.17. The molecule has 8 nitrogen and oxygen atoms in total. The van der Waals surface area contributed by atoms with Gasteiger partial charge in [-0.05, 0) is 5.75 Å². The van der Waals surface area contributed by atoms with Gasteiger partial charge < -0.3 is 15.2 Å². The van der Waals surface area contributed by atoms with Gasteiger partial charge in [-0.15, -0.1) is 0 Å². The van der Waals surface area contributed by atoms with E-state index in [2.05, 4.69) is 0 Å². The molecular weight excluding hydrogens is 196 g/mol. The quantitative estimate of drug-likeness (QED) is 0.465. The molecule has 1 aromatic rings. The fourth-order valence-electron chi connectivity index (χ4n) is 0.827. The molecule has 0 bridgehead atoms. The average Bonchev–Trinajstić information content (AvgIpc) is 2.02. The zero-order valence-electron chi connectivity index (χ0n) is 6.51. The van der Waals surface area contributed by atoms with E-state index in [1.807, 2.05) is 0 Å². The van der Waals surface area contributed by atoms with E-state index < -0.39 is 33.5 Å². The highest BCUT2D eigenvalue weighted by atomic mass is 16.6. The Bertz CT molecular complexity index is 462. The number of hydrogen-bond donors (Lipinski definition) is 2. The Balaban J connectivity index is 3.57. The van der Waals surface area contributed by atoms with E-state index >= 15 is 0 Å². The summed E-state index contributed by atoms with van der Waals surface area (Å²) in [5, 5.41) is 29.7. The highest BCUT2D eigenvalue weighted by Gasteiger charge is 2.18. The summed E-state index contributed by atoms with van der Waals surface area (Å²) in [6, 6.07) is 0. The molecule has 1 rings (SSSR count). The molecule has 0 aliphatic heterocycles. The molecule has 0 saturated heterocycles. The van der Waals surface area contributed by atoms with Crippen molar-refractivity contribution in [1.82, 2.24) is 4.98 Å². The molecule has 1 heterocycles. The van der Waals surface area contributed by atoms with Gasteiger partial charge in [0.15, 0.2) is 0 Å². The van der Waals surface area contributed by atoms with Crippen LogP contribution >= 0.6 is 0 Å². The number of hydrogen-bond acceptors (Lipinski definition) is 5. The van der Waals surface area contributed by atoms with Crippen LogP contribution in [-0.4, -0.2) is 21.0 Å². The van der Waals surface area contributed by atoms with Gasteiger partial charge >= 0.3 is 17.2 Å². The van der Waals surface area contributed by atoms with Gasteiger partial charge in [-0.25, -0.2) is 4.79 Å². The maximum atomic E-state index is 11.0. The van der Waals surface area contributed by atoms with E-state index in [0.717, 1.165) is 0 Å². The SMILES string of the molecule is O=C(O)c1c[nH]c(=O)c([N+](=O)[O-])c1[O-]. The molecular formula is C6H3N2O6-. The smallest absolute Gasteiger partial charge is 0.336 e. The van der Waals surface area contributed by atoms with E-state index in [1.54, 1.807) is 4.98 Å². The van der Waals surface area contributed by atoms with Crippen molar-refractivity contribution in [2.24, 2.45) is 0 Å². The molecule has 8 heteroatoms. The molecule has 0 aromatic carbocycles. The fourth-order valence-corrected chi connectivity index (χ4v) is 0.827. The number of nitro groups is 1. The van der Waals surface area contributed by atoms with Gasteiger partial charge in [-0.1, -0.05) is 0 Å². The van der Waals surface area contributed by atoms with Gasteiger partial charge in [-0.2, -0.15) is 0 Å². The molecule has 0 aliphatic carbocycles. The fraction of sp³-hybridized carbons (Fsp3) is 0. The van der Waals surface area contributed by atoms with Gasteiger partial charge in [0.1, 0.15) is 0 Å². The predicted molar refractivity (Wildman–Crippen MR) is 40.1 cm³/mol. The Labute approximate surface area is 75.6 Å². The molecule has 74 valence electrons. The second-order valence-corrected chi connectivity index (χ2v) is 2.27. The number of rotatable bonds is 2. The maximum Gasteiger partial charge on any atom is 0.336 e. The van der Waals surface area contributed by atoms with E-state index in [0.29, 0.717) is 6.20 Å². The summed E-state index contributed by atoms with van der Waals surface area (Å²) < 4.78 is 0. The van der Waals surface area contributed by atoms with Crippen LogP contribution in [0.25, 0.3) is 0 Å². The van der Waals surface area contributed by atoms with Crippen LogP contribution < -0.4 is 10.7 Å². The van der Waals surface area contributed by atoms with Crippen LogP contribution in [0.5, 0.6) is 5.75 Å². The van der Waals surface area contributed by atoms with Crippen molar-refractivity contribution >= 4 is 11.7 Å². The zero-order chi connectivity index (χ0) is 10.9. The van der Waals surface area contributed by atoms with Gasteiger partial charge in [0.05, 0.1) is 10.5 Å². The predicted octanol–water partition coefficient (Wildman–Crippen LogP) is -0.945. The molecule has 0 aliphatic rings. The Morgan fingerprint density at radius 1 is 1.57 bits per heavy atom. The minimum atomic E-state index is -1.63. The van der Waals surface area contributed by atoms with Crippen molar-refractivity contribution in [2.75, 3.05) is 0 Å². The van der Waals surface area contributed by atoms with Crippen LogP contribution in [0.2, 0.25) is 0 Å². The largest absolute Gasteiger partial charge is 0.867 e. The third kappa shape index (κ3) is 1.40. The first-order valence-electron chi connectivity index (χ1n) is 3.25. The number of carboxylic acids is 1. The number of pyridine rings is 1. The van der Waals surface area contributed by atoms with Crippen LogP contribution in [0.4, 0.5) is 5.69 Å². The summed E-state index contributed by atoms with van der Waals surface area (Å²) in [5.74, 6) is -3.03. The monoisotopic (exact) mass is 199 g/mol. The zero-order valence-corrected chi connectivity index (χ0v) is 6.51. The van der Waals surface area contributed by atoms with Crippen LogP contribution in [0.3, 0.4) is 0 Å². The highest BCUT2D eigenvalue weighted by molar-refractivity contribution is 5.91. The molecule has 0 unspecified atom stereocenters. The van der Waals surface area contributed by atoms with Gasteiger partial charge in [0.2, 0.25) is 0 Å². The van der Waals surface area contributed by atoms with Crippen molar-refractivity contribution in [3.05, 3.63) is 32.2 Å². The summed E-state index contributed by atoms with van der Waals surface area (Å²) in [6.07, 6.45) is 0.625. The number of nitrogens with zero attached hydrogens (tertiary/aromatic N) is 1. The lowest BCUT2D eigenvalue weighted by atomic mass is 10.2. The number of aromatic carboxylic acids is 1. The highest BCUT2D eigenvalue weighted by Crippen LogP contribution is 2.21. The van der Waals surface area contributed by atoms with Gasteiger partial charge in [-0.3, -0.25) is 14.9 Å². The molecule has 0 amide bonds.